The van der Waals surface area contributed by atoms with Crippen molar-refractivity contribution in [1.29, 1.82) is 0 Å². The molecule has 0 N–H and O–H groups in total. The van der Waals surface area contributed by atoms with Crippen LogP contribution < -0.4 is 3.11 Å². The molecule has 0 spiro atoms. The van der Waals surface area contributed by atoms with Crippen molar-refractivity contribution < 1.29 is 13.6 Å². The molecule has 1 aliphatic heterocycles. The van der Waals surface area contributed by atoms with Crippen LogP contribution in [0.2, 0.25) is 0 Å². The third-order valence-electron chi connectivity index (χ3n) is 5.83. The Morgan fingerprint density at radius 2 is 1.54 bits per heavy atom. The fourth-order valence-electron chi connectivity index (χ4n) is 4.05. The second-order valence-corrected chi connectivity index (χ2v) is 9.22. The molecule has 7 heteroatoms. The van der Waals surface area contributed by atoms with Crippen LogP contribution in [0.15, 0.2) is 96.0 Å². The number of carbonyl (C=O) groups is 1. The first-order chi connectivity index (χ1) is 16.9. The van der Waals surface area contributed by atoms with Crippen LogP contribution in [0.3, 0.4) is 0 Å². The molecule has 1 heterocycles. The average Bonchev–Trinajstić information content (AvgIpc) is 3.00. The van der Waals surface area contributed by atoms with Gasteiger partial charge in [-0.3, -0.25) is 7.91 Å². The van der Waals surface area contributed by atoms with Gasteiger partial charge in [-0.2, -0.15) is 0 Å². The molecule has 0 saturated carbocycles. The zero-order valence-corrected chi connectivity index (χ0v) is 20.9. The fraction of sp³-hybridized carbons (Fsp3) is 0.0714. The predicted octanol–water partition coefficient (Wildman–Crippen LogP) is 7.21. The zero-order valence-electron chi connectivity index (χ0n) is 18.8. The topological polar surface area (TPSA) is 35.9 Å². The molecule has 0 saturated heterocycles. The highest BCUT2D eigenvalue weighted by Gasteiger charge is 2.24. The maximum absolute atomic E-state index is 13.6. The molecule has 1 amide bonds. The van der Waals surface area contributed by atoms with E-state index in [0.29, 0.717) is 23.5 Å². The number of para-hydroxylation sites is 1. The Morgan fingerprint density at radius 1 is 0.886 bits per heavy atom. The van der Waals surface area contributed by atoms with E-state index in [0.717, 1.165) is 28.1 Å². The number of amides is 1. The summed E-state index contributed by atoms with van der Waals surface area (Å²) in [6, 6.07) is 25.7. The van der Waals surface area contributed by atoms with Gasteiger partial charge in [0.2, 0.25) is 0 Å². The van der Waals surface area contributed by atoms with Gasteiger partial charge in [-0.25, -0.2) is 13.8 Å². The van der Waals surface area contributed by atoms with Gasteiger partial charge in [0.05, 0.1) is 45.6 Å². The molecule has 0 fully saturated rings. The van der Waals surface area contributed by atoms with Crippen LogP contribution in [0.1, 0.15) is 27.0 Å². The molecular weight excluding hydrogens is 559 g/mol. The fourth-order valence-corrected chi connectivity index (χ4v) is 4.88. The molecule has 4 nitrogen and oxygen atoms in total. The Kier molecular flexibility index (Phi) is 6.34. The van der Waals surface area contributed by atoms with Crippen LogP contribution in [0.5, 0.6) is 0 Å². The van der Waals surface area contributed by atoms with Crippen molar-refractivity contribution in [2.45, 2.75) is 6.54 Å². The summed E-state index contributed by atoms with van der Waals surface area (Å²) < 4.78 is 28.9. The van der Waals surface area contributed by atoms with Crippen molar-refractivity contribution in [1.82, 2.24) is 4.90 Å². The highest BCUT2D eigenvalue weighted by molar-refractivity contribution is 14.1. The molecule has 0 aliphatic carbocycles. The average molecular weight is 579 g/mol. The van der Waals surface area contributed by atoms with Gasteiger partial charge in [0.15, 0.2) is 0 Å². The summed E-state index contributed by atoms with van der Waals surface area (Å²) >= 11 is 2.23. The van der Waals surface area contributed by atoms with Crippen LogP contribution in [0.25, 0.3) is 0 Å². The summed E-state index contributed by atoms with van der Waals surface area (Å²) in [6.45, 7) is 0.351. The smallest absolute Gasteiger partial charge is 0.253 e. The number of aliphatic imine (C=N–C) groups is 1. The Hall–Kier alpha value is -3.59. The summed E-state index contributed by atoms with van der Waals surface area (Å²) in [4.78, 5) is 19.8. The van der Waals surface area contributed by atoms with E-state index in [2.05, 4.69) is 22.9 Å². The highest BCUT2D eigenvalue weighted by atomic mass is 127. The molecule has 0 unspecified atom stereocenters. The second kappa shape index (κ2) is 9.58. The maximum Gasteiger partial charge on any atom is 0.253 e. The van der Waals surface area contributed by atoms with Gasteiger partial charge < -0.3 is 4.90 Å². The normalized spacial score (nSPS) is 12.3. The number of hydrogen-bond donors (Lipinski definition) is 0. The van der Waals surface area contributed by atoms with Crippen LogP contribution in [0.4, 0.5) is 25.8 Å². The van der Waals surface area contributed by atoms with Crippen LogP contribution >= 0.6 is 22.9 Å². The number of rotatable bonds is 4. The number of anilines is 2. The van der Waals surface area contributed by atoms with Gasteiger partial charge >= 0.3 is 0 Å². The molecule has 5 rings (SSSR count). The molecule has 0 bridgehead atoms. The summed E-state index contributed by atoms with van der Waals surface area (Å²) in [5, 5.41) is 0. The first-order valence-corrected chi connectivity index (χ1v) is 11.9. The van der Waals surface area contributed by atoms with Crippen molar-refractivity contribution in [3.8, 4) is 0 Å². The van der Waals surface area contributed by atoms with Gasteiger partial charge in [-0.15, -0.1) is 0 Å². The van der Waals surface area contributed by atoms with Crippen LogP contribution in [-0.4, -0.2) is 23.6 Å². The first-order valence-electron chi connectivity index (χ1n) is 10.9. The predicted molar refractivity (Wildman–Crippen MR) is 143 cm³/mol. The minimum atomic E-state index is -0.316. The van der Waals surface area contributed by atoms with E-state index >= 15 is 0 Å². The number of hydrogen-bond acceptors (Lipinski definition) is 3. The van der Waals surface area contributed by atoms with Crippen LogP contribution in [0, 0.1) is 11.6 Å². The number of carbonyl (C=O) groups excluding carboxylic acids is 1. The third-order valence-corrected chi connectivity index (χ3v) is 6.87. The largest absolute Gasteiger partial charge is 0.337 e. The monoisotopic (exact) mass is 579 g/mol. The summed E-state index contributed by atoms with van der Waals surface area (Å²) in [5.74, 6) is -0.797. The molecule has 174 valence electrons. The standard InChI is InChI=1S/C28H20F2IN3O/c1-33(17-18-6-11-21(29)12-7-18)28(35)20-10-15-26-24(16-20)32-27(19-8-13-22(30)14-9-19)23-4-2-3-5-25(23)34(26)31/h2-16H,17H2,1H3. The number of fused-ring (bicyclic) bond motifs is 2. The van der Waals surface area contributed by atoms with E-state index in [1.54, 1.807) is 48.3 Å². The Bertz CT molecular complexity index is 1440. The SMILES string of the molecule is CN(Cc1ccc(F)cc1)C(=O)c1ccc2c(c1)N=C(c1ccc(F)cc1)c1ccccc1N2I. The lowest BCUT2D eigenvalue weighted by Gasteiger charge is -2.20. The quantitative estimate of drug-likeness (QED) is 0.189. The van der Waals surface area contributed by atoms with E-state index in [1.165, 1.54) is 24.3 Å². The third kappa shape index (κ3) is 4.68. The second-order valence-electron chi connectivity index (χ2n) is 8.26. The van der Waals surface area contributed by atoms with Gasteiger partial charge in [0, 0.05) is 30.3 Å². The van der Waals surface area contributed by atoms with Crippen molar-refractivity contribution in [3.05, 3.63) is 125 Å². The van der Waals surface area contributed by atoms with Crippen LogP contribution in [-0.2, 0) is 6.54 Å². The lowest BCUT2D eigenvalue weighted by molar-refractivity contribution is 0.0785. The highest BCUT2D eigenvalue weighted by Crippen LogP contribution is 2.43. The lowest BCUT2D eigenvalue weighted by Crippen LogP contribution is -2.26. The lowest BCUT2D eigenvalue weighted by atomic mass is 10.0. The molecule has 0 radical (unpaired) electrons. The molecular formula is C28H20F2IN3O. The molecule has 35 heavy (non-hydrogen) atoms. The van der Waals surface area contributed by atoms with E-state index in [1.807, 2.05) is 33.4 Å². The molecule has 1 aliphatic rings. The van der Waals surface area contributed by atoms with Crippen molar-refractivity contribution in [2.24, 2.45) is 4.99 Å². The number of nitrogens with zero attached hydrogens (tertiary/aromatic N) is 3. The summed E-state index contributed by atoms with van der Waals surface area (Å²) in [6.07, 6.45) is 0. The van der Waals surface area contributed by atoms with Gasteiger partial charge in [-0.05, 0) is 66.2 Å². The Morgan fingerprint density at radius 3 is 2.26 bits per heavy atom. The van der Waals surface area contributed by atoms with Gasteiger partial charge in [0.1, 0.15) is 11.6 Å². The van der Waals surface area contributed by atoms with E-state index < -0.39 is 0 Å². The molecule has 4 aromatic carbocycles. The Labute approximate surface area is 216 Å². The van der Waals surface area contributed by atoms with Crippen molar-refractivity contribution in [3.63, 3.8) is 0 Å². The summed E-state index contributed by atoms with van der Waals surface area (Å²) in [5.41, 5.74) is 6.14. The van der Waals surface area contributed by atoms with E-state index in [4.69, 9.17) is 4.99 Å². The van der Waals surface area contributed by atoms with E-state index in [-0.39, 0.29) is 17.5 Å². The summed E-state index contributed by atoms with van der Waals surface area (Å²) in [7, 11) is 1.71. The minimum absolute atomic E-state index is 0.169. The molecule has 0 atom stereocenters. The molecule has 4 aromatic rings. The first kappa shape index (κ1) is 23.2. The van der Waals surface area contributed by atoms with Crippen molar-refractivity contribution in [2.75, 3.05) is 10.2 Å². The maximum atomic E-state index is 13.6. The Balaban J connectivity index is 1.55. The van der Waals surface area contributed by atoms with Gasteiger partial charge in [0.25, 0.3) is 5.91 Å². The van der Waals surface area contributed by atoms with E-state index in [9.17, 15) is 13.6 Å². The van der Waals surface area contributed by atoms with Crippen molar-refractivity contribution >= 4 is 51.5 Å². The van der Waals surface area contributed by atoms with Gasteiger partial charge in [-0.1, -0.05) is 30.3 Å². The number of halogens is 3. The number of benzene rings is 4. The minimum Gasteiger partial charge on any atom is -0.337 e. The zero-order chi connectivity index (χ0) is 24.5. The molecule has 0 aromatic heterocycles.